The highest BCUT2D eigenvalue weighted by Crippen LogP contribution is 2.33. The van der Waals surface area contributed by atoms with Crippen molar-refractivity contribution in [1.29, 1.82) is 0 Å². The largest absolute Gasteiger partial charge is 0.385 e. The minimum Gasteiger partial charge on any atom is -0.385 e. The van der Waals surface area contributed by atoms with E-state index >= 15 is 0 Å². The van der Waals surface area contributed by atoms with Crippen LogP contribution in [0.15, 0.2) is 18.2 Å². The summed E-state index contributed by atoms with van der Waals surface area (Å²) in [6.07, 6.45) is 1.04. The van der Waals surface area contributed by atoms with E-state index in [2.05, 4.69) is 11.8 Å². The fourth-order valence-electron chi connectivity index (χ4n) is 2.35. The number of likely N-dealkylation sites (tertiary alicyclic amines) is 1. The van der Waals surface area contributed by atoms with Crippen LogP contribution in [0.2, 0.25) is 0 Å². The van der Waals surface area contributed by atoms with E-state index < -0.39 is 17.2 Å². The molecule has 1 N–H and O–H groups in total. The molecule has 1 aliphatic heterocycles. The van der Waals surface area contributed by atoms with Crippen molar-refractivity contribution in [1.82, 2.24) is 4.90 Å². The van der Waals surface area contributed by atoms with Crippen LogP contribution < -0.4 is 0 Å². The number of benzene rings is 1. The van der Waals surface area contributed by atoms with Crippen molar-refractivity contribution in [3.63, 3.8) is 0 Å². The van der Waals surface area contributed by atoms with Crippen LogP contribution in [-0.2, 0) is 5.60 Å². The first kappa shape index (κ1) is 12.5. The average molecular weight is 241 g/mol. The Balaban J connectivity index is 2.21. The fraction of sp³-hybridized carbons (Fsp3) is 0.538. The van der Waals surface area contributed by atoms with Crippen LogP contribution in [0.1, 0.15) is 25.3 Å². The monoisotopic (exact) mass is 241 g/mol. The Labute approximate surface area is 99.9 Å². The van der Waals surface area contributed by atoms with Gasteiger partial charge in [-0.3, -0.25) is 0 Å². The van der Waals surface area contributed by atoms with E-state index in [-0.39, 0.29) is 0 Å². The molecule has 0 saturated carbocycles. The van der Waals surface area contributed by atoms with Gasteiger partial charge < -0.3 is 10.0 Å². The van der Waals surface area contributed by atoms with Crippen LogP contribution in [0.4, 0.5) is 8.78 Å². The normalized spacial score (nSPS) is 20.5. The second-order valence-electron chi connectivity index (χ2n) is 4.62. The number of aliphatic hydroxyl groups is 1. The summed E-state index contributed by atoms with van der Waals surface area (Å²) in [5, 5.41) is 10.4. The molecular formula is C13H17F2NO. The van der Waals surface area contributed by atoms with Crippen molar-refractivity contribution in [3.05, 3.63) is 35.4 Å². The number of rotatable bonds is 2. The molecule has 2 nitrogen and oxygen atoms in total. The molecule has 94 valence electrons. The molecule has 0 spiro atoms. The van der Waals surface area contributed by atoms with E-state index in [0.717, 1.165) is 25.7 Å². The van der Waals surface area contributed by atoms with Gasteiger partial charge in [-0.25, -0.2) is 8.78 Å². The van der Waals surface area contributed by atoms with Gasteiger partial charge in [-0.1, -0.05) is 6.92 Å². The molecule has 1 aromatic rings. The molecule has 0 atom stereocenters. The molecule has 1 heterocycles. The van der Waals surface area contributed by atoms with Crippen LogP contribution in [-0.4, -0.2) is 29.6 Å². The topological polar surface area (TPSA) is 23.5 Å². The lowest BCUT2D eigenvalue weighted by Gasteiger charge is -2.38. The number of hydrogen-bond acceptors (Lipinski definition) is 2. The lowest BCUT2D eigenvalue weighted by Crippen LogP contribution is -2.42. The highest BCUT2D eigenvalue weighted by atomic mass is 19.1. The van der Waals surface area contributed by atoms with Gasteiger partial charge in [-0.2, -0.15) is 0 Å². The van der Waals surface area contributed by atoms with Crippen molar-refractivity contribution in [2.24, 2.45) is 0 Å². The molecule has 0 aliphatic carbocycles. The summed E-state index contributed by atoms with van der Waals surface area (Å²) >= 11 is 0. The Morgan fingerprint density at radius 3 is 2.18 bits per heavy atom. The Morgan fingerprint density at radius 1 is 1.18 bits per heavy atom. The molecule has 0 amide bonds. The molecule has 0 aromatic heterocycles. The minimum absolute atomic E-state index is 0.353. The molecule has 1 aliphatic rings. The van der Waals surface area contributed by atoms with Crippen molar-refractivity contribution in [2.75, 3.05) is 19.6 Å². The highest BCUT2D eigenvalue weighted by Gasteiger charge is 2.34. The SMILES string of the molecule is CCN1CCC(O)(c2cc(F)cc(F)c2)CC1. The predicted molar refractivity (Wildman–Crippen MR) is 61.6 cm³/mol. The summed E-state index contributed by atoms with van der Waals surface area (Å²) in [6, 6.07) is 3.28. The van der Waals surface area contributed by atoms with Crippen molar-refractivity contribution >= 4 is 0 Å². The van der Waals surface area contributed by atoms with E-state index in [9.17, 15) is 13.9 Å². The predicted octanol–water partition coefficient (Wildman–Crippen LogP) is 2.27. The molecule has 4 heteroatoms. The lowest BCUT2D eigenvalue weighted by atomic mass is 9.84. The van der Waals surface area contributed by atoms with Gasteiger partial charge in [0.1, 0.15) is 11.6 Å². The van der Waals surface area contributed by atoms with E-state index in [0.29, 0.717) is 18.4 Å². The first-order valence-corrected chi connectivity index (χ1v) is 5.95. The zero-order valence-corrected chi connectivity index (χ0v) is 9.92. The first-order chi connectivity index (χ1) is 8.03. The molecule has 1 aromatic carbocycles. The van der Waals surface area contributed by atoms with Gasteiger partial charge in [-0.15, -0.1) is 0 Å². The van der Waals surface area contributed by atoms with Gasteiger partial charge in [0.2, 0.25) is 0 Å². The molecule has 0 unspecified atom stereocenters. The quantitative estimate of drug-likeness (QED) is 0.858. The van der Waals surface area contributed by atoms with Crippen LogP contribution in [0, 0.1) is 11.6 Å². The summed E-state index contributed by atoms with van der Waals surface area (Å²) in [6.45, 7) is 4.51. The highest BCUT2D eigenvalue weighted by molar-refractivity contribution is 5.25. The van der Waals surface area contributed by atoms with Gasteiger partial charge >= 0.3 is 0 Å². The smallest absolute Gasteiger partial charge is 0.126 e. The molecule has 17 heavy (non-hydrogen) atoms. The van der Waals surface area contributed by atoms with Crippen LogP contribution in [0.25, 0.3) is 0 Å². The Kier molecular flexibility index (Phi) is 3.45. The third-order valence-electron chi connectivity index (χ3n) is 3.53. The maximum Gasteiger partial charge on any atom is 0.126 e. The number of hydrogen-bond donors (Lipinski definition) is 1. The third-order valence-corrected chi connectivity index (χ3v) is 3.53. The Morgan fingerprint density at radius 2 is 1.71 bits per heavy atom. The molecule has 1 saturated heterocycles. The zero-order valence-electron chi connectivity index (χ0n) is 9.92. The Bertz CT molecular complexity index is 380. The molecule has 1 fully saturated rings. The van der Waals surface area contributed by atoms with Crippen LogP contribution in [0.5, 0.6) is 0 Å². The zero-order chi connectivity index (χ0) is 12.5. The second kappa shape index (κ2) is 4.70. The van der Waals surface area contributed by atoms with Gasteiger partial charge in [-0.05, 0) is 37.1 Å². The first-order valence-electron chi connectivity index (χ1n) is 5.95. The summed E-state index contributed by atoms with van der Waals surface area (Å²) in [4.78, 5) is 2.21. The third kappa shape index (κ3) is 2.64. The maximum atomic E-state index is 13.1. The number of nitrogens with zero attached hydrogens (tertiary/aromatic N) is 1. The number of piperidine rings is 1. The summed E-state index contributed by atoms with van der Waals surface area (Å²) in [7, 11) is 0. The Hall–Kier alpha value is -1.00. The molecular weight excluding hydrogens is 224 g/mol. The van der Waals surface area contributed by atoms with Crippen molar-refractivity contribution < 1.29 is 13.9 Å². The van der Waals surface area contributed by atoms with Crippen molar-refractivity contribution in [3.8, 4) is 0 Å². The lowest BCUT2D eigenvalue weighted by molar-refractivity contribution is -0.0251. The van der Waals surface area contributed by atoms with Crippen LogP contribution >= 0.6 is 0 Å². The summed E-state index contributed by atoms with van der Waals surface area (Å²) in [5.41, 5.74) is -0.736. The average Bonchev–Trinajstić information content (AvgIpc) is 2.29. The summed E-state index contributed by atoms with van der Waals surface area (Å²) in [5.74, 6) is -1.27. The molecule has 2 rings (SSSR count). The van der Waals surface area contributed by atoms with Gasteiger partial charge in [0.15, 0.2) is 0 Å². The van der Waals surface area contributed by atoms with E-state index in [4.69, 9.17) is 0 Å². The summed E-state index contributed by atoms with van der Waals surface area (Å²) < 4.78 is 26.3. The minimum atomic E-state index is -1.09. The van der Waals surface area contributed by atoms with Gasteiger partial charge in [0.25, 0.3) is 0 Å². The van der Waals surface area contributed by atoms with E-state index in [1.54, 1.807) is 0 Å². The number of halogens is 2. The van der Waals surface area contributed by atoms with Crippen LogP contribution in [0.3, 0.4) is 0 Å². The van der Waals surface area contributed by atoms with Gasteiger partial charge in [0.05, 0.1) is 5.60 Å². The van der Waals surface area contributed by atoms with Gasteiger partial charge in [0, 0.05) is 19.2 Å². The fourth-order valence-corrected chi connectivity index (χ4v) is 2.35. The van der Waals surface area contributed by atoms with E-state index in [1.165, 1.54) is 12.1 Å². The standard InChI is InChI=1S/C13H17F2NO/c1-2-16-5-3-13(17,4-6-16)10-7-11(14)9-12(15)8-10/h7-9,17H,2-6H2,1H3. The van der Waals surface area contributed by atoms with E-state index in [1.807, 2.05) is 0 Å². The maximum absolute atomic E-state index is 13.1. The second-order valence-corrected chi connectivity index (χ2v) is 4.62. The van der Waals surface area contributed by atoms with Crippen molar-refractivity contribution in [2.45, 2.75) is 25.4 Å². The molecule has 0 radical (unpaired) electrons. The molecule has 0 bridgehead atoms.